The van der Waals surface area contributed by atoms with Crippen molar-refractivity contribution in [3.8, 4) is 0 Å². The predicted octanol–water partition coefficient (Wildman–Crippen LogP) is 1.90. The zero-order valence-electron chi connectivity index (χ0n) is 10.3. The van der Waals surface area contributed by atoms with E-state index in [-0.39, 0.29) is 5.25 Å². The summed E-state index contributed by atoms with van der Waals surface area (Å²) in [4.78, 5) is 0. The van der Waals surface area contributed by atoms with Gasteiger partial charge in [-0.25, -0.2) is 13.1 Å². The van der Waals surface area contributed by atoms with Crippen LogP contribution in [0, 0.1) is 5.92 Å². The largest absolute Gasteiger partial charge is 0.381 e. The van der Waals surface area contributed by atoms with Crippen LogP contribution in [0.15, 0.2) is 0 Å². The van der Waals surface area contributed by atoms with Crippen molar-refractivity contribution in [2.45, 2.75) is 37.9 Å². The van der Waals surface area contributed by atoms with Crippen LogP contribution in [0.5, 0.6) is 0 Å². The normalized spacial score (nSPS) is 20.4. The first-order chi connectivity index (χ1) is 8.10. The number of nitrogens with one attached hydrogen (secondary N) is 1. The Balaban J connectivity index is 2.42. The van der Waals surface area contributed by atoms with Crippen LogP contribution in [-0.4, -0.2) is 38.8 Å². The summed E-state index contributed by atoms with van der Waals surface area (Å²) in [7, 11) is -3.15. The fourth-order valence-electron chi connectivity index (χ4n) is 1.94. The summed E-state index contributed by atoms with van der Waals surface area (Å²) in [6, 6.07) is 0. The lowest BCUT2D eigenvalue weighted by Crippen LogP contribution is -2.40. The number of alkyl halides is 1. The average molecular weight is 328 g/mol. The van der Waals surface area contributed by atoms with Crippen LogP contribution in [-0.2, 0) is 14.8 Å². The minimum absolute atomic E-state index is 0.266. The Bertz CT molecular complexity index is 302. The zero-order chi connectivity index (χ0) is 12.7. The van der Waals surface area contributed by atoms with Gasteiger partial charge in [0.1, 0.15) is 0 Å². The summed E-state index contributed by atoms with van der Waals surface area (Å²) >= 11 is 3.39. The van der Waals surface area contributed by atoms with E-state index >= 15 is 0 Å². The van der Waals surface area contributed by atoms with E-state index in [1.165, 1.54) is 0 Å². The van der Waals surface area contributed by atoms with E-state index < -0.39 is 10.0 Å². The van der Waals surface area contributed by atoms with Crippen molar-refractivity contribution < 1.29 is 13.2 Å². The van der Waals surface area contributed by atoms with Crippen molar-refractivity contribution in [1.29, 1.82) is 0 Å². The number of ether oxygens (including phenoxy) is 1. The molecule has 1 rings (SSSR count). The molecule has 1 N–H and O–H groups in total. The first kappa shape index (κ1) is 15.4. The second-order valence-corrected chi connectivity index (χ2v) is 7.30. The van der Waals surface area contributed by atoms with Crippen LogP contribution in [0.1, 0.15) is 32.6 Å². The molecule has 1 saturated heterocycles. The van der Waals surface area contributed by atoms with Crippen molar-refractivity contribution in [1.82, 2.24) is 4.72 Å². The van der Waals surface area contributed by atoms with Crippen molar-refractivity contribution in [3.63, 3.8) is 0 Å². The molecule has 0 aromatic rings. The maximum atomic E-state index is 12.0. The van der Waals surface area contributed by atoms with Gasteiger partial charge >= 0.3 is 0 Å². The highest BCUT2D eigenvalue weighted by atomic mass is 79.9. The molecule has 0 aliphatic carbocycles. The lowest BCUT2D eigenvalue weighted by molar-refractivity contribution is 0.0981. The zero-order valence-corrected chi connectivity index (χ0v) is 12.7. The maximum Gasteiger partial charge on any atom is 0.214 e. The minimum atomic E-state index is -3.15. The van der Waals surface area contributed by atoms with Crippen LogP contribution in [0.3, 0.4) is 0 Å². The summed E-state index contributed by atoms with van der Waals surface area (Å²) in [5.74, 6) is 0.420. The number of sulfonamides is 1. The fourth-order valence-corrected chi connectivity index (χ4v) is 4.11. The summed E-state index contributed by atoms with van der Waals surface area (Å²) in [5, 5.41) is 0.655. The molecule has 1 fully saturated rings. The summed E-state index contributed by atoms with van der Waals surface area (Å²) < 4.78 is 32.0. The van der Waals surface area contributed by atoms with Crippen molar-refractivity contribution in [3.05, 3.63) is 0 Å². The highest BCUT2D eigenvalue weighted by molar-refractivity contribution is 9.09. The highest BCUT2D eigenvalue weighted by Crippen LogP contribution is 2.16. The Kier molecular flexibility index (Phi) is 6.99. The first-order valence-electron chi connectivity index (χ1n) is 6.22. The average Bonchev–Trinajstić information content (AvgIpc) is 2.35. The van der Waals surface area contributed by atoms with E-state index in [1.54, 1.807) is 0 Å². The molecular weight excluding hydrogens is 306 g/mol. The molecule has 0 aromatic carbocycles. The maximum absolute atomic E-state index is 12.0. The molecule has 0 aromatic heterocycles. The third-order valence-electron chi connectivity index (χ3n) is 3.28. The molecule has 102 valence electrons. The standard InChI is InChI=1S/C11H22BrNO3S/c1-2-10(3-6-12)9-13-17(14,15)11-4-7-16-8-5-11/h10-11,13H,2-9H2,1H3. The van der Waals surface area contributed by atoms with Crippen LogP contribution in [0.2, 0.25) is 0 Å². The van der Waals surface area contributed by atoms with Gasteiger partial charge in [0, 0.05) is 25.1 Å². The Morgan fingerprint density at radius 3 is 2.59 bits per heavy atom. The first-order valence-corrected chi connectivity index (χ1v) is 8.89. The van der Waals surface area contributed by atoms with Crippen LogP contribution < -0.4 is 4.72 Å². The van der Waals surface area contributed by atoms with Crippen molar-refractivity contribution in [2.75, 3.05) is 25.1 Å². The molecule has 4 nitrogen and oxygen atoms in total. The number of hydrogen-bond acceptors (Lipinski definition) is 3. The molecule has 1 unspecified atom stereocenters. The van der Waals surface area contributed by atoms with Crippen LogP contribution in [0.25, 0.3) is 0 Å². The summed E-state index contributed by atoms with van der Waals surface area (Å²) in [6.07, 6.45) is 3.24. The smallest absolute Gasteiger partial charge is 0.214 e. The lowest BCUT2D eigenvalue weighted by atomic mass is 10.0. The molecule has 0 bridgehead atoms. The molecule has 1 atom stereocenters. The second-order valence-electron chi connectivity index (χ2n) is 4.46. The van der Waals surface area contributed by atoms with Gasteiger partial charge in [-0.05, 0) is 25.2 Å². The number of hydrogen-bond donors (Lipinski definition) is 1. The van der Waals surface area contributed by atoms with Gasteiger partial charge in [0.05, 0.1) is 5.25 Å². The minimum Gasteiger partial charge on any atom is -0.381 e. The number of rotatable bonds is 7. The monoisotopic (exact) mass is 327 g/mol. The second kappa shape index (κ2) is 7.71. The molecule has 0 saturated carbocycles. The van der Waals surface area contributed by atoms with E-state index in [0.29, 0.717) is 38.5 Å². The van der Waals surface area contributed by atoms with Crippen LogP contribution in [0.4, 0.5) is 0 Å². The van der Waals surface area contributed by atoms with Gasteiger partial charge in [-0.1, -0.05) is 29.3 Å². The Hall–Kier alpha value is 0.350. The van der Waals surface area contributed by atoms with Gasteiger partial charge in [-0.2, -0.15) is 0 Å². The fraction of sp³-hybridized carbons (Fsp3) is 1.00. The number of halogens is 1. The van der Waals surface area contributed by atoms with Gasteiger partial charge < -0.3 is 4.74 Å². The summed E-state index contributed by atoms with van der Waals surface area (Å²) in [6.45, 7) is 3.77. The van der Waals surface area contributed by atoms with Gasteiger partial charge in [0.2, 0.25) is 10.0 Å². The van der Waals surface area contributed by atoms with Crippen LogP contribution >= 0.6 is 15.9 Å². The predicted molar refractivity (Wildman–Crippen MR) is 73.0 cm³/mol. The molecule has 1 heterocycles. The van der Waals surface area contributed by atoms with E-state index in [4.69, 9.17) is 4.74 Å². The molecule has 6 heteroatoms. The molecule has 1 aliphatic heterocycles. The van der Waals surface area contributed by atoms with Gasteiger partial charge in [-0.3, -0.25) is 0 Å². The molecular formula is C11H22BrNO3S. The SMILES string of the molecule is CCC(CCBr)CNS(=O)(=O)C1CCOCC1. The Labute approximate surface area is 113 Å². The Morgan fingerprint density at radius 1 is 1.41 bits per heavy atom. The molecule has 0 spiro atoms. The van der Waals surface area contributed by atoms with Crippen molar-refractivity contribution >= 4 is 26.0 Å². The highest BCUT2D eigenvalue weighted by Gasteiger charge is 2.27. The topological polar surface area (TPSA) is 55.4 Å². The molecule has 1 aliphatic rings. The van der Waals surface area contributed by atoms with Crippen molar-refractivity contribution in [2.24, 2.45) is 5.92 Å². The molecule has 0 amide bonds. The third-order valence-corrected chi connectivity index (χ3v) is 5.65. The summed E-state index contributed by atoms with van der Waals surface area (Å²) in [5.41, 5.74) is 0. The lowest BCUT2D eigenvalue weighted by Gasteiger charge is -2.23. The third kappa shape index (κ3) is 5.24. The van der Waals surface area contributed by atoms with Gasteiger partial charge in [-0.15, -0.1) is 0 Å². The van der Waals surface area contributed by atoms with Gasteiger partial charge in [0.15, 0.2) is 0 Å². The molecule has 17 heavy (non-hydrogen) atoms. The van der Waals surface area contributed by atoms with E-state index in [2.05, 4.69) is 27.6 Å². The molecule has 0 radical (unpaired) electrons. The van der Waals surface area contributed by atoms with Gasteiger partial charge in [0.25, 0.3) is 0 Å². The van der Waals surface area contributed by atoms with E-state index in [0.717, 1.165) is 18.2 Å². The van der Waals surface area contributed by atoms with E-state index in [1.807, 2.05) is 0 Å². The van der Waals surface area contributed by atoms with E-state index in [9.17, 15) is 8.42 Å². The Morgan fingerprint density at radius 2 is 2.06 bits per heavy atom. The quantitative estimate of drug-likeness (QED) is 0.726.